The summed E-state index contributed by atoms with van der Waals surface area (Å²) in [4.78, 5) is 97.3. The van der Waals surface area contributed by atoms with E-state index in [1.54, 1.807) is 52.1 Å². The molecule has 4 aromatic carbocycles. The normalized spacial score (nSPS) is 11.7. The number of aryl methyl sites for hydroxylation is 4. The van der Waals surface area contributed by atoms with Crippen LogP contribution in [0.15, 0.2) is 165 Å². The number of alkyl halides is 1. The molecule has 12 aromatic heterocycles. The number of nitrogen functional groups attached to an aromatic ring is 1. The van der Waals surface area contributed by atoms with E-state index in [0.29, 0.717) is 109 Å². The van der Waals surface area contributed by atoms with Gasteiger partial charge in [0.15, 0.2) is 23.3 Å². The van der Waals surface area contributed by atoms with E-state index in [1.807, 2.05) is 22.6 Å². The van der Waals surface area contributed by atoms with E-state index in [9.17, 15) is 41.8 Å². The molecule has 126 heavy (non-hydrogen) atoms. The Kier molecular flexibility index (Phi) is 32.5. The van der Waals surface area contributed by atoms with Crippen LogP contribution in [0.1, 0.15) is 91.3 Å². The number of hydrogen-bond acceptors (Lipinski definition) is 32. The number of esters is 2. The number of rotatable bonds is 15. The van der Waals surface area contributed by atoms with Gasteiger partial charge in [-0.05, 0) is 155 Å². The monoisotopic (exact) mass is 1940 g/mol. The molecule has 0 spiro atoms. The van der Waals surface area contributed by atoms with Crippen LogP contribution in [0, 0.1) is 51.0 Å². The minimum atomic E-state index is -1.16. The Balaban J connectivity index is 0.000000166. The van der Waals surface area contributed by atoms with Crippen LogP contribution in [-0.4, -0.2) is 146 Å². The molecule has 1 amide bonds. The van der Waals surface area contributed by atoms with Crippen LogP contribution in [-0.2, 0) is 9.47 Å². The molecule has 2 fully saturated rings. The van der Waals surface area contributed by atoms with Gasteiger partial charge in [0.05, 0.1) is 81.9 Å². The summed E-state index contributed by atoms with van der Waals surface area (Å²) >= 11 is 31.8. The Labute approximate surface area is 772 Å². The summed E-state index contributed by atoms with van der Waals surface area (Å²) in [6.45, 7) is 6.87. The van der Waals surface area contributed by atoms with Crippen LogP contribution in [0.3, 0.4) is 0 Å². The molecule has 18 rings (SSSR count). The molecular formula is C81H65Cl5F4IN22NaO12. The second-order valence-electron chi connectivity index (χ2n) is 26.3. The van der Waals surface area contributed by atoms with Gasteiger partial charge >= 0.3 is 47.5 Å². The predicted octanol–water partition coefficient (Wildman–Crippen LogP) is 15.4. The van der Waals surface area contributed by atoms with Gasteiger partial charge in [-0.25, -0.2) is 51.9 Å². The third-order valence-electron chi connectivity index (χ3n) is 17.6. The largest absolute Gasteiger partial charge is 1.00 e. The van der Waals surface area contributed by atoms with Crippen molar-refractivity contribution in [1.29, 1.82) is 0 Å². The van der Waals surface area contributed by atoms with Crippen LogP contribution in [0.2, 0.25) is 25.2 Å². The first kappa shape index (κ1) is 94.3. The van der Waals surface area contributed by atoms with Gasteiger partial charge in [-0.2, -0.15) is 19.9 Å². The maximum atomic E-state index is 14.5. The summed E-state index contributed by atoms with van der Waals surface area (Å²) in [6, 6.07) is 23.4. The van der Waals surface area contributed by atoms with E-state index in [2.05, 4.69) is 106 Å². The van der Waals surface area contributed by atoms with Gasteiger partial charge in [0.25, 0.3) is 28.8 Å². The maximum absolute atomic E-state index is 14.5. The van der Waals surface area contributed by atoms with Crippen LogP contribution < -0.4 is 62.3 Å². The topological polar surface area (TPSA) is 496 Å². The number of hydrogen-bond donors (Lipinski definition) is 7. The summed E-state index contributed by atoms with van der Waals surface area (Å²) in [5.41, 5.74) is 16.3. The van der Waals surface area contributed by atoms with Gasteiger partial charge in [-0.1, -0.05) is 101 Å². The number of fused-ring (bicyclic) bond motifs is 4. The number of aromatic nitrogens is 16. The molecular weight excluding hydrogens is 1880 g/mol. The zero-order valence-corrected chi connectivity index (χ0v) is 74.6. The van der Waals surface area contributed by atoms with Crippen molar-refractivity contribution in [2.45, 2.75) is 65.5 Å². The number of aromatic carboxylic acids is 1. The summed E-state index contributed by atoms with van der Waals surface area (Å²) in [7, 11) is 2.57. The molecule has 2 aliphatic carbocycles. The average Bonchev–Trinajstić information content (AvgIpc) is 1.73. The number of anilines is 7. The third-order valence-corrected chi connectivity index (χ3v) is 18.8. The Morgan fingerprint density at radius 1 is 0.468 bits per heavy atom. The van der Waals surface area contributed by atoms with E-state index in [4.69, 9.17) is 93.7 Å². The van der Waals surface area contributed by atoms with Crippen molar-refractivity contribution in [2.24, 2.45) is 5.73 Å². The molecule has 0 unspecified atom stereocenters. The van der Waals surface area contributed by atoms with Gasteiger partial charge in [0, 0.05) is 88.8 Å². The Morgan fingerprint density at radius 3 is 1.11 bits per heavy atom. The van der Waals surface area contributed by atoms with Gasteiger partial charge in [-0.3, -0.25) is 24.7 Å². The Bertz CT molecular complexity index is 6730. The number of nitrogens with zero attached hydrogens (tertiary/aromatic N) is 16. The molecule has 34 nitrogen and oxygen atoms in total. The molecule has 642 valence electrons. The van der Waals surface area contributed by atoms with E-state index >= 15 is 0 Å². The fourth-order valence-electron chi connectivity index (χ4n) is 11.1. The number of carboxylic acids is 1. The molecule has 0 saturated heterocycles. The molecule has 0 bridgehead atoms. The van der Waals surface area contributed by atoms with Crippen LogP contribution in [0.5, 0.6) is 0 Å². The van der Waals surface area contributed by atoms with E-state index in [-0.39, 0.29) is 149 Å². The zero-order chi connectivity index (χ0) is 89.4. The number of amides is 1. The number of carboxylic acid groups (broad SMARTS) is 1. The molecule has 2 saturated carbocycles. The number of carbonyl (C=O) groups is 4. The standard InChI is InChI=1S/C21H16ClFN6O2.C19H13ClFN5O3.C18H11ClFN5O3.C12H6Cl2FN3O.C7H8N2O2.C3H7N.CH3I.Na.H2O/c1-10-17-19(26-16-6-7-24-9-14(16)20(30)25-12-3-4-12)27-18(28-21(17)31-29-10)13-8-11(22)2-5-15(13)23;1-9-15-17(23-14-5-6-22-8-12(14)19(27)28-2)24-16(25-18(15)29-26-9)11-7-10(20)3-4-13(11)21;1-8-14-16(22-13-4-5-21-7-11(13)18(26)27)23-15(24-17(14)28-25-8)10-6-9(19)2-3-12(10)20;1-5-9-10(14)16-11(17-12(9)19-18-5)7-4-6(13)2-3-8(7)15;1-11-7(10)5-4-9-3-2-6(5)8;4-3-1-2-3;1-2;;/h2,5-9,12H,3-4H2,1H3,(H,25,30)(H,24,26,27,28);3-8H,1-2H3,(H,22,23,24,25);2-7H,1H3,(H,26,27)(H,21,22,23,24);2-4H,1H3;2-4H,1H3,(H2,8,9);3H,1-2,4H2;1H3;;1H2/q;;;;;;;+1;/p-1/i;;;;;;1D;;. The van der Waals surface area contributed by atoms with Crippen molar-refractivity contribution in [3.8, 4) is 45.6 Å². The van der Waals surface area contributed by atoms with Gasteiger partial charge in [-0.15, -0.1) is 0 Å². The fourth-order valence-corrected chi connectivity index (χ4v) is 12.1. The summed E-state index contributed by atoms with van der Waals surface area (Å²) in [5.74, 6) is -3.51. The quantitative estimate of drug-likeness (QED) is 0.0125. The molecule has 10 N–H and O–H groups in total. The molecule has 0 aliphatic heterocycles. The number of ether oxygens (including phenoxy) is 2. The molecule has 45 heteroatoms. The van der Waals surface area contributed by atoms with Crippen LogP contribution >= 0.6 is 80.6 Å². The zero-order valence-electron chi connectivity index (χ0n) is 67.6. The summed E-state index contributed by atoms with van der Waals surface area (Å²) in [6.07, 6.45) is 15.9. The summed E-state index contributed by atoms with van der Waals surface area (Å²) in [5, 5.41) is 40.4. The smallest absolute Gasteiger partial charge is 0.870 e. The number of carbonyl (C=O) groups excluding carboxylic acids is 3. The Hall–Kier alpha value is -12.4. The van der Waals surface area contributed by atoms with Crippen LogP contribution in [0.25, 0.3) is 90.0 Å². The maximum Gasteiger partial charge on any atom is 1.00 e. The number of nitrogens with two attached hydrogens (primary N) is 2. The fraction of sp³-hybridized carbons (Fsp3) is 0.160. The van der Waals surface area contributed by atoms with Gasteiger partial charge in [0.1, 0.15) is 84.1 Å². The Morgan fingerprint density at radius 2 is 0.770 bits per heavy atom. The van der Waals surface area contributed by atoms with Gasteiger partial charge < -0.3 is 70.9 Å². The molecule has 2 aliphatic rings. The molecule has 16 aromatic rings. The second-order valence-corrected chi connectivity index (χ2v) is 28.4. The minimum Gasteiger partial charge on any atom is -0.870 e. The third kappa shape index (κ3) is 23.4. The second kappa shape index (κ2) is 43.5. The number of nitrogens with one attached hydrogen (secondary N) is 4. The van der Waals surface area contributed by atoms with Crippen molar-refractivity contribution in [3.63, 3.8) is 0 Å². The predicted molar refractivity (Wildman–Crippen MR) is 464 cm³/mol. The summed E-state index contributed by atoms with van der Waals surface area (Å²) < 4.78 is 93.1. The number of benzene rings is 4. The first-order valence-corrected chi connectivity index (χ1v) is 39.6. The van der Waals surface area contributed by atoms with Crippen molar-refractivity contribution < 1.29 is 106 Å². The molecule has 12 heterocycles. The first-order valence-electron chi connectivity index (χ1n) is 36.9. The number of halogens is 10. The van der Waals surface area contributed by atoms with E-state index in [1.165, 1.54) is 149 Å². The van der Waals surface area contributed by atoms with Crippen molar-refractivity contribution >= 4 is 189 Å². The number of pyridine rings is 4. The molecule has 0 atom stereocenters. The SMILES string of the molecule is COC(=O)c1cnccc1N.COC(=O)c1cnccc1Nc1nc(-c2cc(Cl)ccc2F)nc2onc(C)c12.Cc1noc2nc(-c3cc(Cl)ccc3F)nc(Cl)c12.Cc1noc2nc(-c3cc(Cl)ccc3F)nc(Nc3ccncc3C(=O)NC3CC3)c12.Cc1noc2nc(-c3cc(Cl)ccc3F)nc(Nc3ccncc3C(=O)O)c12.NC1CC1.[2H]CI.[Na+].[OH-]. The molecule has 0 radical (unpaired) electrons. The van der Waals surface area contributed by atoms with Crippen molar-refractivity contribution in [3.05, 3.63) is 240 Å². The first-order chi connectivity index (χ1) is 60.0. The van der Waals surface area contributed by atoms with E-state index < -0.39 is 41.2 Å². The van der Waals surface area contributed by atoms with E-state index in [0.717, 1.165) is 12.8 Å². The van der Waals surface area contributed by atoms with Crippen LogP contribution in [0.4, 0.5) is 57.8 Å². The minimum absolute atomic E-state index is 0. The van der Waals surface area contributed by atoms with Crippen molar-refractivity contribution in [1.82, 2.24) is 85.8 Å². The van der Waals surface area contributed by atoms with Crippen molar-refractivity contribution in [2.75, 3.05) is 40.8 Å². The number of methoxy groups -OCH3 is 2. The van der Waals surface area contributed by atoms with Gasteiger partial charge in [0.2, 0.25) is 0 Å². The average molecular weight is 1940 g/mol.